The summed E-state index contributed by atoms with van der Waals surface area (Å²) >= 11 is 6.18. The van der Waals surface area contributed by atoms with Gasteiger partial charge < -0.3 is 5.32 Å². The van der Waals surface area contributed by atoms with Crippen LogP contribution >= 0.6 is 11.6 Å². The predicted octanol–water partition coefficient (Wildman–Crippen LogP) is 3.89. The Morgan fingerprint density at radius 1 is 1.24 bits per heavy atom. The second-order valence-electron chi connectivity index (χ2n) is 7.11. The molecule has 3 aromatic heterocycles. The number of carbonyl (C=O) groups is 1. The van der Waals surface area contributed by atoms with Crippen LogP contribution in [0.15, 0.2) is 36.9 Å². The quantitative estimate of drug-likeness (QED) is 0.552. The normalized spacial score (nSPS) is 11.4. The number of pyridine rings is 1. The lowest BCUT2D eigenvalue weighted by molar-refractivity contribution is 0.102. The Labute approximate surface area is 172 Å². The molecule has 9 heteroatoms. The molecule has 1 aromatic carbocycles. The van der Waals surface area contributed by atoms with Crippen molar-refractivity contribution >= 4 is 34.2 Å². The average molecular weight is 410 g/mol. The van der Waals surface area contributed by atoms with Gasteiger partial charge in [-0.25, -0.2) is 14.6 Å². The number of anilines is 1. The minimum Gasteiger partial charge on any atom is -0.320 e. The maximum Gasteiger partial charge on any atom is 0.256 e. The molecule has 1 N–H and O–H groups in total. The Balaban J connectivity index is 1.83. The van der Waals surface area contributed by atoms with Gasteiger partial charge in [0, 0.05) is 17.8 Å². The first-order valence-electron chi connectivity index (χ1n) is 9.15. The summed E-state index contributed by atoms with van der Waals surface area (Å²) in [5, 5.41) is 12.8. The molecule has 0 radical (unpaired) electrons. The number of fused-ring (bicyclic) bond motifs is 1. The van der Waals surface area contributed by atoms with Crippen LogP contribution in [0, 0.1) is 6.92 Å². The standard InChI is InChI=1S/C20H20ClN7O/c1-11(2)15-8-14(18-12(3)26-27(4)19(18)24-15)20(29)25-16-7-13(21)5-6-17(16)28-10-22-9-23-28/h5-11H,1-4H3,(H,25,29). The number of nitrogens with one attached hydrogen (secondary N) is 1. The van der Waals surface area contributed by atoms with Crippen molar-refractivity contribution in [2.75, 3.05) is 5.32 Å². The van der Waals surface area contributed by atoms with Crippen molar-refractivity contribution in [3.05, 3.63) is 58.9 Å². The molecule has 0 aliphatic carbocycles. The molecule has 4 aromatic rings. The highest BCUT2D eigenvalue weighted by atomic mass is 35.5. The van der Waals surface area contributed by atoms with Crippen molar-refractivity contribution in [1.29, 1.82) is 0 Å². The fraction of sp³-hybridized carbons (Fsp3) is 0.250. The second kappa shape index (κ2) is 7.29. The first kappa shape index (κ1) is 19.1. The Kier molecular flexibility index (Phi) is 4.79. The third-order valence-electron chi connectivity index (χ3n) is 4.70. The van der Waals surface area contributed by atoms with Gasteiger partial charge >= 0.3 is 0 Å². The Hall–Kier alpha value is -3.26. The molecular formula is C20H20ClN7O. The summed E-state index contributed by atoms with van der Waals surface area (Å²) in [6, 6.07) is 7.04. The van der Waals surface area contributed by atoms with Gasteiger partial charge in [-0.2, -0.15) is 10.2 Å². The third-order valence-corrected chi connectivity index (χ3v) is 4.93. The predicted molar refractivity (Wildman–Crippen MR) is 112 cm³/mol. The van der Waals surface area contributed by atoms with Crippen molar-refractivity contribution in [2.24, 2.45) is 7.05 Å². The topological polar surface area (TPSA) is 90.5 Å². The highest BCUT2D eigenvalue weighted by Gasteiger charge is 2.21. The van der Waals surface area contributed by atoms with E-state index in [9.17, 15) is 4.79 Å². The zero-order chi connectivity index (χ0) is 20.7. The highest BCUT2D eigenvalue weighted by molar-refractivity contribution is 6.31. The molecule has 4 rings (SSSR count). The van der Waals surface area contributed by atoms with Crippen molar-refractivity contribution in [3.8, 4) is 5.69 Å². The maximum atomic E-state index is 13.3. The fourth-order valence-electron chi connectivity index (χ4n) is 3.27. The van der Waals surface area contributed by atoms with Crippen molar-refractivity contribution < 1.29 is 4.79 Å². The van der Waals surface area contributed by atoms with Gasteiger partial charge in [0.15, 0.2) is 5.65 Å². The molecule has 0 fully saturated rings. The third kappa shape index (κ3) is 3.47. The zero-order valence-corrected chi connectivity index (χ0v) is 17.3. The van der Waals surface area contributed by atoms with Crippen LogP contribution in [0.3, 0.4) is 0 Å². The number of halogens is 1. The Morgan fingerprint density at radius 2 is 2.03 bits per heavy atom. The molecule has 0 unspecified atom stereocenters. The number of aryl methyl sites for hydroxylation is 2. The van der Waals surface area contributed by atoms with E-state index in [4.69, 9.17) is 16.6 Å². The molecule has 0 spiro atoms. The van der Waals surface area contributed by atoms with E-state index in [0.717, 1.165) is 16.8 Å². The van der Waals surface area contributed by atoms with Crippen LogP contribution in [0.5, 0.6) is 0 Å². The minimum atomic E-state index is -0.265. The molecule has 0 saturated carbocycles. The molecule has 1 amide bonds. The van der Waals surface area contributed by atoms with Gasteiger partial charge in [-0.3, -0.25) is 9.48 Å². The van der Waals surface area contributed by atoms with Gasteiger partial charge in [0.2, 0.25) is 0 Å². The van der Waals surface area contributed by atoms with E-state index in [2.05, 4.69) is 20.5 Å². The zero-order valence-electron chi connectivity index (χ0n) is 16.5. The number of amides is 1. The van der Waals surface area contributed by atoms with E-state index in [1.54, 1.807) is 33.9 Å². The van der Waals surface area contributed by atoms with Gasteiger partial charge in [-0.05, 0) is 37.1 Å². The van der Waals surface area contributed by atoms with Gasteiger partial charge in [0.25, 0.3) is 5.91 Å². The van der Waals surface area contributed by atoms with Crippen LogP contribution in [0.25, 0.3) is 16.7 Å². The van der Waals surface area contributed by atoms with Crippen LogP contribution in [-0.2, 0) is 7.05 Å². The number of carbonyl (C=O) groups excluding carboxylic acids is 1. The number of aromatic nitrogens is 6. The van der Waals surface area contributed by atoms with Gasteiger partial charge in [-0.1, -0.05) is 25.4 Å². The summed E-state index contributed by atoms with van der Waals surface area (Å²) in [5.74, 6) is -0.0999. The van der Waals surface area contributed by atoms with E-state index in [1.807, 2.05) is 33.9 Å². The van der Waals surface area contributed by atoms with Crippen LogP contribution in [0.1, 0.15) is 41.5 Å². The van der Waals surface area contributed by atoms with Crippen LogP contribution in [-0.4, -0.2) is 35.4 Å². The van der Waals surface area contributed by atoms with Crippen molar-refractivity contribution in [1.82, 2.24) is 29.5 Å². The molecular weight excluding hydrogens is 390 g/mol. The molecule has 3 heterocycles. The average Bonchev–Trinajstić information content (AvgIpc) is 3.30. The molecule has 29 heavy (non-hydrogen) atoms. The summed E-state index contributed by atoms with van der Waals surface area (Å²) < 4.78 is 3.27. The molecule has 148 valence electrons. The van der Waals surface area contributed by atoms with Crippen LogP contribution in [0.2, 0.25) is 5.02 Å². The lowest BCUT2D eigenvalue weighted by atomic mass is 10.0. The number of hydrogen-bond donors (Lipinski definition) is 1. The monoisotopic (exact) mass is 409 g/mol. The molecule has 0 aliphatic heterocycles. The number of nitrogens with zero attached hydrogens (tertiary/aromatic N) is 6. The summed E-state index contributed by atoms with van der Waals surface area (Å²) in [6.45, 7) is 5.95. The SMILES string of the molecule is Cc1nn(C)c2nc(C(C)C)cc(C(=O)Nc3cc(Cl)ccc3-n3cncn3)c12. The Morgan fingerprint density at radius 3 is 2.72 bits per heavy atom. The summed E-state index contributed by atoms with van der Waals surface area (Å²) in [6.07, 6.45) is 2.99. The van der Waals surface area contributed by atoms with Crippen LogP contribution in [0.4, 0.5) is 5.69 Å². The first-order valence-corrected chi connectivity index (χ1v) is 9.53. The van der Waals surface area contributed by atoms with Gasteiger partial charge in [0.05, 0.1) is 28.0 Å². The molecule has 0 bridgehead atoms. The maximum absolute atomic E-state index is 13.3. The Bertz CT molecular complexity index is 1210. The van der Waals surface area contributed by atoms with E-state index in [0.29, 0.717) is 27.6 Å². The summed E-state index contributed by atoms with van der Waals surface area (Å²) in [7, 11) is 1.83. The van der Waals surface area contributed by atoms with Crippen LogP contribution < -0.4 is 5.32 Å². The molecule has 8 nitrogen and oxygen atoms in total. The van der Waals surface area contributed by atoms with Crippen molar-refractivity contribution in [3.63, 3.8) is 0 Å². The summed E-state index contributed by atoms with van der Waals surface area (Å²) in [4.78, 5) is 22.0. The van der Waals surface area contributed by atoms with E-state index in [-0.39, 0.29) is 11.8 Å². The molecule has 0 aliphatic rings. The van der Waals surface area contributed by atoms with E-state index in [1.165, 1.54) is 6.33 Å². The van der Waals surface area contributed by atoms with E-state index < -0.39 is 0 Å². The number of hydrogen-bond acceptors (Lipinski definition) is 5. The lowest BCUT2D eigenvalue weighted by Crippen LogP contribution is -2.16. The first-order chi connectivity index (χ1) is 13.8. The lowest BCUT2D eigenvalue weighted by Gasteiger charge is -2.13. The van der Waals surface area contributed by atoms with Crippen molar-refractivity contribution in [2.45, 2.75) is 26.7 Å². The van der Waals surface area contributed by atoms with E-state index >= 15 is 0 Å². The largest absolute Gasteiger partial charge is 0.320 e. The smallest absolute Gasteiger partial charge is 0.256 e. The molecule has 0 atom stereocenters. The minimum absolute atomic E-state index is 0.165. The number of benzene rings is 1. The summed E-state index contributed by atoms with van der Waals surface area (Å²) in [5.41, 5.74) is 3.98. The van der Waals surface area contributed by atoms with Gasteiger partial charge in [-0.15, -0.1) is 0 Å². The highest BCUT2D eigenvalue weighted by Crippen LogP contribution is 2.28. The molecule has 0 saturated heterocycles. The number of rotatable bonds is 4. The second-order valence-corrected chi connectivity index (χ2v) is 7.55. The van der Waals surface area contributed by atoms with Gasteiger partial charge in [0.1, 0.15) is 12.7 Å². The fourth-order valence-corrected chi connectivity index (χ4v) is 3.44.